The van der Waals surface area contributed by atoms with Crippen LogP contribution in [0.25, 0.3) is 0 Å². The van der Waals surface area contributed by atoms with E-state index in [4.69, 9.17) is 11.6 Å². The SMILES string of the molecule is O=Cc1sc(N=NNc2ccccc2)nc1Cl. The Morgan fingerprint density at radius 2 is 2.12 bits per heavy atom. The van der Waals surface area contributed by atoms with Crippen LogP contribution in [0.3, 0.4) is 0 Å². The fourth-order valence-electron chi connectivity index (χ4n) is 1.06. The molecule has 1 aromatic carbocycles. The Kier molecular flexibility index (Phi) is 3.79. The molecule has 0 spiro atoms. The highest BCUT2D eigenvalue weighted by Crippen LogP contribution is 2.27. The quantitative estimate of drug-likeness (QED) is 0.521. The molecular formula is C10H7ClN4OS. The fraction of sp³-hybridized carbons (Fsp3) is 0. The molecule has 5 nitrogen and oxygen atoms in total. The number of rotatable bonds is 4. The first-order valence-electron chi connectivity index (χ1n) is 4.63. The third-order valence-electron chi connectivity index (χ3n) is 1.79. The first-order valence-corrected chi connectivity index (χ1v) is 5.82. The van der Waals surface area contributed by atoms with Crippen LogP contribution in [0.4, 0.5) is 10.8 Å². The van der Waals surface area contributed by atoms with Crippen LogP contribution >= 0.6 is 22.9 Å². The molecule has 0 aliphatic carbocycles. The number of anilines is 1. The van der Waals surface area contributed by atoms with Crippen molar-refractivity contribution in [3.05, 3.63) is 40.4 Å². The van der Waals surface area contributed by atoms with Crippen LogP contribution in [-0.2, 0) is 0 Å². The highest BCUT2D eigenvalue weighted by molar-refractivity contribution is 7.17. The molecule has 17 heavy (non-hydrogen) atoms. The second kappa shape index (κ2) is 5.51. The molecule has 7 heteroatoms. The van der Waals surface area contributed by atoms with Gasteiger partial charge in [-0.1, -0.05) is 46.4 Å². The Labute approximate surface area is 106 Å². The number of hydrogen-bond acceptors (Lipinski definition) is 5. The molecule has 1 N–H and O–H groups in total. The minimum atomic E-state index is 0.152. The van der Waals surface area contributed by atoms with Gasteiger partial charge < -0.3 is 0 Å². The molecule has 0 fully saturated rings. The standard InChI is InChI=1S/C10H7ClN4OS/c11-9-8(6-16)17-10(12-9)14-15-13-7-4-2-1-3-5-7/h1-6H,(H,12,13,14). The average Bonchev–Trinajstić information content (AvgIpc) is 2.71. The molecule has 0 bridgehead atoms. The molecule has 0 radical (unpaired) electrons. The van der Waals surface area contributed by atoms with Gasteiger partial charge in [0, 0.05) is 0 Å². The van der Waals surface area contributed by atoms with Crippen molar-refractivity contribution in [3.63, 3.8) is 0 Å². The molecule has 0 atom stereocenters. The fourth-order valence-corrected chi connectivity index (χ4v) is 1.94. The van der Waals surface area contributed by atoms with Crippen LogP contribution in [-0.4, -0.2) is 11.3 Å². The van der Waals surface area contributed by atoms with Crippen molar-refractivity contribution in [2.45, 2.75) is 0 Å². The summed E-state index contributed by atoms with van der Waals surface area (Å²) in [6.07, 6.45) is 0.643. The van der Waals surface area contributed by atoms with Crippen molar-refractivity contribution in [1.82, 2.24) is 4.98 Å². The lowest BCUT2D eigenvalue weighted by Crippen LogP contribution is -1.84. The second-order valence-corrected chi connectivity index (χ2v) is 4.31. The largest absolute Gasteiger partial charge is 0.297 e. The Bertz CT molecular complexity index is 540. The first-order chi connectivity index (χ1) is 8.29. The van der Waals surface area contributed by atoms with Gasteiger partial charge in [-0.05, 0) is 12.1 Å². The molecule has 0 aliphatic heterocycles. The van der Waals surface area contributed by atoms with Gasteiger partial charge in [-0.2, -0.15) is 0 Å². The number of nitrogens with one attached hydrogen (secondary N) is 1. The number of benzene rings is 1. The molecular weight excluding hydrogens is 260 g/mol. The lowest BCUT2D eigenvalue weighted by atomic mass is 10.3. The number of carbonyl (C=O) groups is 1. The minimum absolute atomic E-state index is 0.152. The van der Waals surface area contributed by atoms with Gasteiger partial charge in [0.25, 0.3) is 0 Å². The predicted octanol–water partition coefficient (Wildman–Crippen LogP) is 3.72. The van der Waals surface area contributed by atoms with Gasteiger partial charge in [-0.25, -0.2) is 4.98 Å². The molecule has 1 heterocycles. The third-order valence-corrected chi connectivity index (χ3v) is 3.06. The van der Waals surface area contributed by atoms with Crippen LogP contribution in [0.1, 0.15) is 9.67 Å². The number of thiazole rings is 1. The monoisotopic (exact) mass is 266 g/mol. The summed E-state index contributed by atoms with van der Waals surface area (Å²) >= 11 is 6.77. The van der Waals surface area contributed by atoms with Crippen molar-refractivity contribution < 1.29 is 4.79 Å². The van der Waals surface area contributed by atoms with Crippen LogP contribution in [0, 0.1) is 0 Å². The van der Waals surface area contributed by atoms with E-state index in [2.05, 4.69) is 20.7 Å². The van der Waals surface area contributed by atoms with Gasteiger partial charge in [0.15, 0.2) is 11.4 Å². The molecule has 2 aromatic rings. The van der Waals surface area contributed by atoms with E-state index < -0.39 is 0 Å². The molecule has 0 saturated heterocycles. The highest BCUT2D eigenvalue weighted by Gasteiger charge is 2.06. The van der Waals surface area contributed by atoms with Gasteiger partial charge in [-0.15, -0.1) is 5.11 Å². The Balaban J connectivity index is 2.03. The van der Waals surface area contributed by atoms with Crippen molar-refractivity contribution >= 4 is 40.0 Å². The first kappa shape index (κ1) is 11.7. The van der Waals surface area contributed by atoms with Crippen LogP contribution < -0.4 is 5.43 Å². The van der Waals surface area contributed by atoms with Gasteiger partial charge >= 0.3 is 0 Å². The van der Waals surface area contributed by atoms with E-state index in [1.165, 1.54) is 0 Å². The lowest BCUT2D eigenvalue weighted by Gasteiger charge is -1.95. The lowest BCUT2D eigenvalue weighted by molar-refractivity contribution is 0.112. The van der Waals surface area contributed by atoms with Crippen molar-refractivity contribution in [1.29, 1.82) is 0 Å². The van der Waals surface area contributed by atoms with Gasteiger partial charge in [0.05, 0.1) is 5.69 Å². The number of halogens is 1. The van der Waals surface area contributed by atoms with Crippen molar-refractivity contribution in [3.8, 4) is 0 Å². The van der Waals surface area contributed by atoms with E-state index in [1.807, 2.05) is 30.3 Å². The summed E-state index contributed by atoms with van der Waals surface area (Å²) in [5.74, 6) is 0. The summed E-state index contributed by atoms with van der Waals surface area (Å²) in [6.45, 7) is 0. The van der Waals surface area contributed by atoms with E-state index in [0.717, 1.165) is 17.0 Å². The number of aldehydes is 1. The molecule has 86 valence electrons. The third kappa shape index (κ3) is 3.08. The number of para-hydroxylation sites is 1. The Morgan fingerprint density at radius 1 is 1.35 bits per heavy atom. The van der Waals surface area contributed by atoms with Crippen molar-refractivity contribution in [2.24, 2.45) is 10.3 Å². The molecule has 2 rings (SSSR count). The summed E-state index contributed by atoms with van der Waals surface area (Å²) in [7, 11) is 0. The molecule has 0 amide bonds. The molecule has 1 aromatic heterocycles. The maximum atomic E-state index is 10.5. The average molecular weight is 267 g/mol. The van der Waals surface area contributed by atoms with E-state index in [0.29, 0.717) is 16.3 Å². The zero-order valence-corrected chi connectivity index (χ0v) is 10.1. The molecule has 0 unspecified atom stereocenters. The van der Waals surface area contributed by atoms with Crippen LogP contribution in [0.15, 0.2) is 40.7 Å². The Morgan fingerprint density at radius 3 is 2.76 bits per heavy atom. The number of hydrogen-bond donors (Lipinski definition) is 1. The van der Waals surface area contributed by atoms with E-state index >= 15 is 0 Å². The maximum Gasteiger partial charge on any atom is 0.233 e. The Hall–Kier alpha value is -1.79. The van der Waals surface area contributed by atoms with Gasteiger partial charge in [-0.3, -0.25) is 10.2 Å². The van der Waals surface area contributed by atoms with Gasteiger partial charge in [0.2, 0.25) is 5.13 Å². The summed E-state index contributed by atoms with van der Waals surface area (Å²) in [5.41, 5.74) is 3.55. The topological polar surface area (TPSA) is 66.7 Å². The van der Waals surface area contributed by atoms with Crippen molar-refractivity contribution in [2.75, 3.05) is 5.43 Å². The zero-order chi connectivity index (χ0) is 12.1. The summed E-state index contributed by atoms with van der Waals surface area (Å²) in [4.78, 5) is 14.7. The normalized spacial score (nSPS) is 10.6. The molecule has 0 saturated carbocycles. The number of aromatic nitrogens is 1. The predicted molar refractivity (Wildman–Crippen MR) is 67.1 cm³/mol. The number of carbonyl (C=O) groups excluding carboxylic acids is 1. The van der Waals surface area contributed by atoms with E-state index in [9.17, 15) is 4.79 Å². The summed E-state index contributed by atoms with van der Waals surface area (Å²) in [6, 6.07) is 9.36. The second-order valence-electron chi connectivity index (χ2n) is 2.95. The maximum absolute atomic E-state index is 10.5. The van der Waals surface area contributed by atoms with E-state index in [-0.39, 0.29) is 5.15 Å². The van der Waals surface area contributed by atoms with Gasteiger partial charge in [0.1, 0.15) is 4.88 Å². The van der Waals surface area contributed by atoms with Crippen LogP contribution in [0.5, 0.6) is 0 Å². The van der Waals surface area contributed by atoms with Crippen LogP contribution in [0.2, 0.25) is 5.15 Å². The highest BCUT2D eigenvalue weighted by atomic mass is 35.5. The molecule has 0 aliphatic rings. The summed E-state index contributed by atoms with van der Waals surface area (Å²) in [5, 5.41) is 8.04. The summed E-state index contributed by atoms with van der Waals surface area (Å²) < 4.78 is 0. The minimum Gasteiger partial charge on any atom is -0.297 e. The zero-order valence-electron chi connectivity index (χ0n) is 8.50. The smallest absolute Gasteiger partial charge is 0.233 e. The number of nitrogens with zero attached hydrogens (tertiary/aromatic N) is 3. The van der Waals surface area contributed by atoms with E-state index in [1.54, 1.807) is 0 Å².